The fraction of sp³-hybridized carbons (Fsp3) is 0. The number of carbonyl (C=O) groups is 1. The van der Waals surface area contributed by atoms with Crippen molar-refractivity contribution in [2.45, 2.75) is 0 Å². The molecule has 7 heteroatoms. The highest BCUT2D eigenvalue weighted by atomic mass is 16.6. The van der Waals surface area contributed by atoms with Crippen molar-refractivity contribution in [3.05, 3.63) is 94.3 Å². The Labute approximate surface area is 159 Å². The lowest BCUT2D eigenvalue weighted by atomic mass is 9.97. The van der Waals surface area contributed by atoms with E-state index >= 15 is 0 Å². The number of fused-ring (bicyclic) bond motifs is 2. The molecule has 0 aliphatic carbocycles. The zero-order valence-electron chi connectivity index (χ0n) is 14.6. The normalized spacial score (nSPS) is 11.1. The molecular formula is C21H14N4O3. The molecule has 0 fully saturated rings. The van der Waals surface area contributed by atoms with Crippen molar-refractivity contribution in [2.75, 3.05) is 0 Å². The highest BCUT2D eigenvalue weighted by Crippen LogP contribution is 2.27. The standard InChI is InChI=1S/C21H14N4O3/c26-21(20-10-9-16(12-22-20)25(27)28)24-23-13-19-17-7-3-1-5-14(17)11-15-6-2-4-8-18(15)19/h1-13H,(H,24,26)/b23-13-. The van der Waals surface area contributed by atoms with Crippen molar-refractivity contribution in [3.63, 3.8) is 0 Å². The molecule has 0 saturated heterocycles. The Morgan fingerprint density at radius 3 is 2.21 bits per heavy atom. The van der Waals surface area contributed by atoms with Gasteiger partial charge in [0.15, 0.2) is 0 Å². The molecule has 1 heterocycles. The van der Waals surface area contributed by atoms with Gasteiger partial charge in [0, 0.05) is 11.6 Å². The molecule has 4 aromatic rings. The first-order valence-corrected chi connectivity index (χ1v) is 8.48. The first-order chi connectivity index (χ1) is 13.6. The van der Waals surface area contributed by atoms with Crippen molar-refractivity contribution in [2.24, 2.45) is 5.10 Å². The number of carbonyl (C=O) groups excluding carboxylic acids is 1. The smallest absolute Gasteiger partial charge is 0.266 e. The lowest BCUT2D eigenvalue weighted by molar-refractivity contribution is -0.385. The van der Waals surface area contributed by atoms with Crippen LogP contribution in [0.25, 0.3) is 21.5 Å². The van der Waals surface area contributed by atoms with Crippen LogP contribution in [0.1, 0.15) is 16.1 Å². The minimum Gasteiger partial charge on any atom is -0.266 e. The summed E-state index contributed by atoms with van der Waals surface area (Å²) in [6.45, 7) is 0. The number of hydrazone groups is 1. The average molecular weight is 370 g/mol. The van der Waals surface area contributed by atoms with Gasteiger partial charge in [0.25, 0.3) is 11.6 Å². The Balaban J connectivity index is 1.64. The number of aromatic nitrogens is 1. The summed E-state index contributed by atoms with van der Waals surface area (Å²) in [4.78, 5) is 26.1. The van der Waals surface area contributed by atoms with Crippen LogP contribution in [0.4, 0.5) is 5.69 Å². The van der Waals surface area contributed by atoms with Gasteiger partial charge in [-0.25, -0.2) is 10.4 Å². The van der Waals surface area contributed by atoms with Gasteiger partial charge in [-0.05, 0) is 33.7 Å². The number of rotatable bonds is 4. The topological polar surface area (TPSA) is 97.5 Å². The third kappa shape index (κ3) is 3.28. The van der Waals surface area contributed by atoms with Crippen LogP contribution in [-0.4, -0.2) is 22.0 Å². The number of nitro groups is 1. The number of hydrogen-bond acceptors (Lipinski definition) is 5. The second-order valence-corrected chi connectivity index (χ2v) is 6.09. The van der Waals surface area contributed by atoms with Crippen LogP contribution in [-0.2, 0) is 0 Å². The average Bonchev–Trinajstić information content (AvgIpc) is 2.73. The lowest BCUT2D eigenvalue weighted by Gasteiger charge is -2.07. The van der Waals surface area contributed by atoms with Crippen LogP contribution in [0.15, 0.2) is 78.0 Å². The van der Waals surface area contributed by atoms with E-state index in [9.17, 15) is 14.9 Å². The molecule has 3 aromatic carbocycles. The van der Waals surface area contributed by atoms with Crippen molar-refractivity contribution in [1.82, 2.24) is 10.4 Å². The van der Waals surface area contributed by atoms with E-state index in [1.165, 1.54) is 12.1 Å². The molecule has 136 valence electrons. The SMILES string of the molecule is O=C(N/N=C\c1c2ccccc2cc2ccccc12)c1ccc([N+](=O)[O-])cn1. The number of hydrogen-bond donors (Lipinski definition) is 1. The second-order valence-electron chi connectivity index (χ2n) is 6.09. The van der Waals surface area contributed by atoms with Gasteiger partial charge >= 0.3 is 0 Å². The molecule has 0 radical (unpaired) electrons. The fourth-order valence-corrected chi connectivity index (χ4v) is 3.03. The summed E-state index contributed by atoms with van der Waals surface area (Å²) >= 11 is 0. The summed E-state index contributed by atoms with van der Waals surface area (Å²) in [6, 6.07) is 20.5. The van der Waals surface area contributed by atoms with E-state index in [2.05, 4.69) is 21.6 Å². The van der Waals surface area contributed by atoms with Crippen LogP contribution >= 0.6 is 0 Å². The zero-order chi connectivity index (χ0) is 19.5. The molecule has 1 N–H and O–H groups in total. The van der Waals surface area contributed by atoms with E-state index in [-0.39, 0.29) is 11.4 Å². The van der Waals surface area contributed by atoms with Gasteiger partial charge in [-0.15, -0.1) is 0 Å². The maximum atomic E-state index is 12.2. The highest BCUT2D eigenvalue weighted by molar-refractivity contribution is 6.13. The van der Waals surface area contributed by atoms with Gasteiger partial charge in [0.1, 0.15) is 11.9 Å². The van der Waals surface area contributed by atoms with Gasteiger partial charge in [0.05, 0.1) is 11.1 Å². The fourth-order valence-electron chi connectivity index (χ4n) is 3.03. The Morgan fingerprint density at radius 1 is 1.00 bits per heavy atom. The molecule has 0 atom stereocenters. The van der Waals surface area contributed by atoms with E-state index in [0.29, 0.717) is 0 Å². The Kier molecular flexibility index (Phi) is 4.47. The summed E-state index contributed by atoms with van der Waals surface area (Å²) in [5, 5.41) is 18.9. The molecule has 4 rings (SSSR count). The summed E-state index contributed by atoms with van der Waals surface area (Å²) in [5.41, 5.74) is 3.19. The Bertz CT molecular complexity index is 1180. The third-order valence-corrected chi connectivity index (χ3v) is 4.36. The maximum absolute atomic E-state index is 12.2. The van der Waals surface area contributed by atoms with Crippen molar-refractivity contribution in [1.29, 1.82) is 0 Å². The zero-order valence-corrected chi connectivity index (χ0v) is 14.6. The molecule has 7 nitrogen and oxygen atoms in total. The van der Waals surface area contributed by atoms with Gasteiger partial charge in [-0.3, -0.25) is 14.9 Å². The quantitative estimate of drug-likeness (QED) is 0.253. The molecule has 0 spiro atoms. The number of benzene rings is 3. The first-order valence-electron chi connectivity index (χ1n) is 8.48. The number of amides is 1. The monoisotopic (exact) mass is 370 g/mol. The van der Waals surface area contributed by atoms with E-state index in [4.69, 9.17) is 0 Å². The molecule has 28 heavy (non-hydrogen) atoms. The number of pyridine rings is 1. The van der Waals surface area contributed by atoms with Crippen LogP contribution < -0.4 is 5.43 Å². The van der Waals surface area contributed by atoms with Crippen LogP contribution in [0.2, 0.25) is 0 Å². The van der Waals surface area contributed by atoms with Gasteiger partial charge < -0.3 is 0 Å². The maximum Gasteiger partial charge on any atom is 0.289 e. The lowest BCUT2D eigenvalue weighted by Crippen LogP contribution is -2.19. The molecule has 1 aromatic heterocycles. The molecule has 0 unspecified atom stereocenters. The molecule has 0 aliphatic heterocycles. The Hall–Kier alpha value is -4.13. The highest BCUT2D eigenvalue weighted by Gasteiger charge is 2.10. The van der Waals surface area contributed by atoms with E-state index in [0.717, 1.165) is 33.3 Å². The van der Waals surface area contributed by atoms with Crippen molar-refractivity contribution in [3.8, 4) is 0 Å². The summed E-state index contributed by atoms with van der Waals surface area (Å²) in [7, 11) is 0. The Morgan fingerprint density at radius 2 is 1.64 bits per heavy atom. The minimum absolute atomic E-state index is 0.0468. The van der Waals surface area contributed by atoms with Gasteiger partial charge in [-0.2, -0.15) is 5.10 Å². The summed E-state index contributed by atoms with van der Waals surface area (Å²) < 4.78 is 0. The third-order valence-electron chi connectivity index (χ3n) is 4.36. The summed E-state index contributed by atoms with van der Waals surface area (Å²) in [6.07, 6.45) is 2.64. The largest absolute Gasteiger partial charge is 0.289 e. The van der Waals surface area contributed by atoms with Crippen LogP contribution in [0.3, 0.4) is 0 Å². The van der Waals surface area contributed by atoms with Crippen molar-refractivity contribution < 1.29 is 9.72 Å². The molecule has 0 bridgehead atoms. The first kappa shape index (κ1) is 17.3. The predicted octanol–water partition coefficient (Wildman–Crippen LogP) is 4.06. The van der Waals surface area contributed by atoms with Gasteiger partial charge in [-0.1, -0.05) is 48.5 Å². The number of nitrogens with one attached hydrogen (secondary N) is 1. The van der Waals surface area contributed by atoms with Gasteiger partial charge in [0.2, 0.25) is 0 Å². The molecule has 0 aliphatic rings. The van der Waals surface area contributed by atoms with E-state index in [1.807, 2.05) is 48.5 Å². The van der Waals surface area contributed by atoms with Crippen molar-refractivity contribution >= 4 is 39.4 Å². The molecule has 0 saturated carbocycles. The number of nitrogens with zero attached hydrogens (tertiary/aromatic N) is 3. The van der Waals surface area contributed by atoms with E-state index < -0.39 is 10.8 Å². The van der Waals surface area contributed by atoms with Crippen LogP contribution in [0, 0.1) is 10.1 Å². The van der Waals surface area contributed by atoms with Crippen LogP contribution in [0.5, 0.6) is 0 Å². The summed E-state index contributed by atoms with van der Waals surface area (Å²) in [5.74, 6) is -0.546. The minimum atomic E-state index is -0.571. The predicted molar refractivity (Wildman–Crippen MR) is 107 cm³/mol. The molecule has 1 amide bonds. The second kappa shape index (κ2) is 7.24. The van der Waals surface area contributed by atoms with E-state index in [1.54, 1.807) is 6.21 Å². The molecular weight excluding hydrogens is 356 g/mol.